The van der Waals surface area contributed by atoms with Crippen molar-refractivity contribution in [3.05, 3.63) is 29.3 Å². The zero-order chi connectivity index (χ0) is 19.2. The highest BCUT2D eigenvalue weighted by Gasteiger charge is 2.44. The van der Waals surface area contributed by atoms with Crippen molar-refractivity contribution in [1.82, 2.24) is 4.90 Å². The van der Waals surface area contributed by atoms with Crippen molar-refractivity contribution >= 4 is 17.5 Å². The molecule has 2 aliphatic heterocycles. The second kappa shape index (κ2) is 6.93. The molecule has 146 valence electrons. The first-order chi connectivity index (χ1) is 12.9. The van der Waals surface area contributed by atoms with Crippen LogP contribution in [0.25, 0.3) is 0 Å². The molecule has 5 nitrogen and oxygen atoms in total. The summed E-state index contributed by atoms with van der Waals surface area (Å²) in [5.41, 5.74) is 2.98. The Hall–Kier alpha value is -1.88. The van der Waals surface area contributed by atoms with E-state index in [1.807, 2.05) is 35.8 Å². The van der Waals surface area contributed by atoms with Gasteiger partial charge in [0.1, 0.15) is 0 Å². The van der Waals surface area contributed by atoms with Crippen LogP contribution in [0, 0.1) is 0 Å². The van der Waals surface area contributed by atoms with Crippen molar-refractivity contribution in [1.29, 1.82) is 0 Å². The minimum Gasteiger partial charge on any atom is -0.372 e. The van der Waals surface area contributed by atoms with Crippen LogP contribution in [0.2, 0.25) is 0 Å². The summed E-state index contributed by atoms with van der Waals surface area (Å²) in [7, 11) is 0. The summed E-state index contributed by atoms with van der Waals surface area (Å²) in [5.74, 6) is 0.167. The molecule has 0 radical (unpaired) electrons. The van der Waals surface area contributed by atoms with Crippen molar-refractivity contribution in [2.24, 2.45) is 0 Å². The summed E-state index contributed by atoms with van der Waals surface area (Å²) in [5, 5.41) is 0. The lowest BCUT2D eigenvalue weighted by molar-refractivity contribution is -0.116. The topological polar surface area (TPSA) is 49.9 Å². The fourth-order valence-corrected chi connectivity index (χ4v) is 5.27. The van der Waals surface area contributed by atoms with Crippen LogP contribution in [0.15, 0.2) is 18.2 Å². The maximum absolute atomic E-state index is 13.2. The van der Waals surface area contributed by atoms with E-state index in [2.05, 4.69) is 6.07 Å². The van der Waals surface area contributed by atoms with E-state index in [9.17, 15) is 9.59 Å². The quantitative estimate of drug-likeness (QED) is 0.760. The number of hydrogen-bond acceptors (Lipinski definition) is 3. The maximum atomic E-state index is 13.2. The first-order valence-electron chi connectivity index (χ1n) is 10.3. The number of nitrogens with zero attached hydrogens (tertiary/aromatic N) is 2. The summed E-state index contributed by atoms with van der Waals surface area (Å²) < 4.78 is 5.77. The van der Waals surface area contributed by atoms with Crippen molar-refractivity contribution < 1.29 is 14.3 Å². The maximum Gasteiger partial charge on any atom is 0.254 e. The van der Waals surface area contributed by atoms with Crippen molar-refractivity contribution in [3.8, 4) is 0 Å². The second-order valence-corrected chi connectivity index (χ2v) is 8.65. The van der Waals surface area contributed by atoms with Gasteiger partial charge in [-0.3, -0.25) is 9.59 Å². The number of fused-ring (bicyclic) bond motifs is 2. The fraction of sp³-hybridized carbons (Fsp3) is 0.636. The van der Waals surface area contributed by atoms with Gasteiger partial charge in [-0.2, -0.15) is 0 Å². The molecule has 0 bridgehead atoms. The third kappa shape index (κ3) is 3.27. The van der Waals surface area contributed by atoms with Crippen LogP contribution >= 0.6 is 0 Å². The Bertz CT molecular complexity index is 744. The molecular weight excluding hydrogens is 340 g/mol. The van der Waals surface area contributed by atoms with Crippen LogP contribution in [0.4, 0.5) is 5.69 Å². The van der Waals surface area contributed by atoms with Gasteiger partial charge in [0.15, 0.2) is 0 Å². The Kier molecular flexibility index (Phi) is 4.75. The highest BCUT2D eigenvalue weighted by Crippen LogP contribution is 2.49. The third-order valence-corrected chi connectivity index (χ3v) is 6.46. The highest BCUT2D eigenvalue weighted by atomic mass is 16.5. The van der Waals surface area contributed by atoms with Gasteiger partial charge in [-0.15, -0.1) is 0 Å². The minimum atomic E-state index is 0.0289. The minimum absolute atomic E-state index is 0.0289. The van der Waals surface area contributed by atoms with E-state index in [1.165, 1.54) is 24.8 Å². The van der Waals surface area contributed by atoms with E-state index in [-0.39, 0.29) is 29.4 Å². The molecular formula is C22H30N2O3. The number of carbonyl (C=O) groups excluding carboxylic acids is 2. The van der Waals surface area contributed by atoms with Crippen molar-refractivity contribution in [3.63, 3.8) is 0 Å². The molecule has 1 saturated heterocycles. The number of benzene rings is 1. The number of ether oxygens (including phenoxy) is 1. The van der Waals surface area contributed by atoms with E-state index in [1.54, 1.807) is 6.92 Å². The Morgan fingerprint density at radius 3 is 2.37 bits per heavy atom. The van der Waals surface area contributed by atoms with Gasteiger partial charge in [-0.05, 0) is 50.5 Å². The SMILES string of the molecule is CC(=O)N1CC2(CCCCC2)c2cc(C(=O)N3CC(C)OC(C)C3)ccc21. The van der Waals surface area contributed by atoms with Gasteiger partial charge >= 0.3 is 0 Å². The molecule has 2 fully saturated rings. The lowest BCUT2D eigenvalue weighted by atomic mass is 9.70. The van der Waals surface area contributed by atoms with Gasteiger partial charge in [0.05, 0.1) is 12.2 Å². The Morgan fingerprint density at radius 1 is 1.07 bits per heavy atom. The van der Waals surface area contributed by atoms with Crippen LogP contribution < -0.4 is 4.90 Å². The second-order valence-electron chi connectivity index (χ2n) is 8.65. The monoisotopic (exact) mass is 370 g/mol. The molecule has 1 spiro atoms. The molecule has 1 saturated carbocycles. The number of amides is 2. The van der Waals surface area contributed by atoms with Crippen molar-refractivity contribution in [2.75, 3.05) is 24.5 Å². The first-order valence-corrected chi connectivity index (χ1v) is 10.3. The van der Waals surface area contributed by atoms with Crippen LogP contribution in [0.5, 0.6) is 0 Å². The molecule has 1 aromatic rings. The Labute approximate surface area is 161 Å². The van der Waals surface area contributed by atoms with Gasteiger partial charge < -0.3 is 14.5 Å². The average molecular weight is 370 g/mol. The van der Waals surface area contributed by atoms with E-state index >= 15 is 0 Å². The average Bonchev–Trinajstić information content (AvgIpc) is 2.95. The number of rotatable bonds is 1. The van der Waals surface area contributed by atoms with Gasteiger partial charge in [-0.25, -0.2) is 0 Å². The molecule has 1 aromatic carbocycles. The fourth-order valence-electron chi connectivity index (χ4n) is 5.27. The number of carbonyl (C=O) groups is 2. The summed E-state index contributed by atoms with van der Waals surface area (Å²) in [6.07, 6.45) is 5.98. The lowest BCUT2D eigenvalue weighted by Gasteiger charge is -2.36. The van der Waals surface area contributed by atoms with E-state index in [0.717, 1.165) is 30.6 Å². The highest BCUT2D eigenvalue weighted by molar-refractivity contribution is 5.98. The van der Waals surface area contributed by atoms with Crippen molar-refractivity contribution in [2.45, 2.75) is 70.5 Å². The molecule has 2 atom stereocenters. The predicted octanol–water partition coefficient (Wildman–Crippen LogP) is 3.50. The molecule has 4 rings (SSSR count). The Balaban J connectivity index is 1.68. The summed E-state index contributed by atoms with van der Waals surface area (Å²) in [6, 6.07) is 5.96. The zero-order valence-corrected chi connectivity index (χ0v) is 16.7. The molecule has 2 heterocycles. The molecule has 0 aromatic heterocycles. The molecule has 2 amide bonds. The number of morpholine rings is 1. The largest absolute Gasteiger partial charge is 0.372 e. The summed E-state index contributed by atoms with van der Waals surface area (Å²) in [6.45, 7) is 7.69. The molecule has 27 heavy (non-hydrogen) atoms. The van der Waals surface area contributed by atoms with Crippen LogP contribution in [0.3, 0.4) is 0 Å². The zero-order valence-electron chi connectivity index (χ0n) is 16.7. The normalized spacial score (nSPS) is 26.9. The van der Waals surface area contributed by atoms with E-state index in [4.69, 9.17) is 4.74 Å². The number of hydrogen-bond donors (Lipinski definition) is 0. The molecule has 0 N–H and O–H groups in total. The van der Waals surface area contributed by atoms with Gasteiger partial charge in [0.25, 0.3) is 5.91 Å². The lowest BCUT2D eigenvalue weighted by Crippen LogP contribution is -2.48. The van der Waals surface area contributed by atoms with Crippen LogP contribution in [-0.4, -0.2) is 48.6 Å². The molecule has 5 heteroatoms. The van der Waals surface area contributed by atoms with Crippen LogP contribution in [-0.2, 0) is 14.9 Å². The van der Waals surface area contributed by atoms with Gasteiger partial charge in [0.2, 0.25) is 5.91 Å². The molecule has 3 aliphatic rings. The first kappa shape index (κ1) is 18.5. The van der Waals surface area contributed by atoms with E-state index < -0.39 is 0 Å². The summed E-state index contributed by atoms with van der Waals surface area (Å²) in [4.78, 5) is 29.2. The van der Waals surface area contributed by atoms with Gasteiger partial charge in [-0.1, -0.05) is 19.3 Å². The predicted molar refractivity (Wildman–Crippen MR) is 105 cm³/mol. The van der Waals surface area contributed by atoms with E-state index in [0.29, 0.717) is 13.1 Å². The van der Waals surface area contributed by atoms with Gasteiger partial charge in [0, 0.05) is 43.2 Å². The van der Waals surface area contributed by atoms with Crippen LogP contribution in [0.1, 0.15) is 68.8 Å². The molecule has 2 unspecified atom stereocenters. The Morgan fingerprint density at radius 2 is 1.74 bits per heavy atom. The molecule has 1 aliphatic carbocycles. The standard InChI is InChI=1S/C22H30N2O3/c1-15-12-23(13-16(2)27-15)21(26)18-7-8-20-19(11-18)22(9-5-4-6-10-22)14-24(20)17(3)25/h7-8,11,15-16H,4-6,9-10,12-14H2,1-3H3. The smallest absolute Gasteiger partial charge is 0.254 e. The number of anilines is 1. The third-order valence-electron chi connectivity index (χ3n) is 6.46. The summed E-state index contributed by atoms with van der Waals surface area (Å²) >= 11 is 0.